The Morgan fingerprint density at radius 3 is 2.88 bits per heavy atom. The van der Waals surface area contributed by atoms with E-state index in [9.17, 15) is 4.79 Å². The first-order valence-corrected chi connectivity index (χ1v) is 5.33. The molecule has 92 valence electrons. The molecule has 1 aromatic rings. The molecule has 0 aliphatic carbocycles. The molecule has 0 aliphatic rings. The van der Waals surface area contributed by atoms with Gasteiger partial charge in [-0.25, -0.2) is 0 Å². The monoisotopic (exact) mass is 235 g/mol. The van der Waals surface area contributed by atoms with Crippen molar-refractivity contribution < 1.29 is 14.3 Å². The Kier molecular flexibility index (Phi) is 5.23. The van der Waals surface area contributed by atoms with Crippen molar-refractivity contribution >= 4 is 11.6 Å². The Morgan fingerprint density at radius 1 is 1.47 bits per heavy atom. The predicted octanol–water partition coefficient (Wildman–Crippen LogP) is 2.14. The van der Waals surface area contributed by atoms with Gasteiger partial charge in [0.1, 0.15) is 12.4 Å². The summed E-state index contributed by atoms with van der Waals surface area (Å²) >= 11 is 0. The third-order valence-corrected chi connectivity index (χ3v) is 2.12. The van der Waals surface area contributed by atoms with Gasteiger partial charge >= 0.3 is 0 Å². The summed E-state index contributed by atoms with van der Waals surface area (Å²) in [5.41, 5.74) is 1.69. The summed E-state index contributed by atoms with van der Waals surface area (Å²) < 4.78 is 10.4. The van der Waals surface area contributed by atoms with Crippen molar-refractivity contribution in [1.29, 1.82) is 0 Å². The minimum Gasteiger partial charge on any atom is -0.489 e. The summed E-state index contributed by atoms with van der Waals surface area (Å²) in [7, 11) is 1.61. The van der Waals surface area contributed by atoms with Gasteiger partial charge in [0.05, 0.1) is 12.3 Å². The second-order valence-corrected chi connectivity index (χ2v) is 3.53. The summed E-state index contributed by atoms with van der Waals surface area (Å²) in [6.07, 6.45) is 1.22. The average Bonchev–Trinajstić information content (AvgIpc) is 2.32. The van der Waals surface area contributed by atoms with Gasteiger partial charge in [-0.1, -0.05) is 12.6 Å². The summed E-state index contributed by atoms with van der Waals surface area (Å²) in [6, 6.07) is 5.60. The van der Waals surface area contributed by atoms with Crippen LogP contribution in [0.5, 0.6) is 5.75 Å². The van der Waals surface area contributed by atoms with Crippen LogP contribution in [0.4, 0.5) is 5.69 Å². The zero-order valence-electron chi connectivity index (χ0n) is 10.2. The first-order valence-electron chi connectivity index (χ1n) is 5.33. The lowest BCUT2D eigenvalue weighted by atomic mass is 10.2. The molecular weight excluding hydrogens is 218 g/mol. The van der Waals surface area contributed by atoms with E-state index in [0.29, 0.717) is 24.7 Å². The molecule has 0 aromatic heterocycles. The Balaban J connectivity index is 2.79. The van der Waals surface area contributed by atoms with Gasteiger partial charge in [-0.3, -0.25) is 4.79 Å². The highest BCUT2D eigenvalue weighted by Crippen LogP contribution is 2.25. The van der Waals surface area contributed by atoms with Gasteiger partial charge in [-0.15, -0.1) is 0 Å². The molecule has 1 amide bonds. The van der Waals surface area contributed by atoms with Gasteiger partial charge in [0.15, 0.2) is 0 Å². The van der Waals surface area contributed by atoms with Crippen LogP contribution in [0.25, 0.3) is 0 Å². The molecule has 0 unspecified atom stereocenters. The first kappa shape index (κ1) is 13.3. The molecule has 0 aliphatic heterocycles. The number of ether oxygens (including phenoxy) is 2. The minimum absolute atomic E-state index is 0.257. The van der Waals surface area contributed by atoms with Crippen molar-refractivity contribution in [2.75, 3.05) is 25.6 Å². The van der Waals surface area contributed by atoms with E-state index < -0.39 is 0 Å². The van der Waals surface area contributed by atoms with Crippen LogP contribution in [0.15, 0.2) is 30.9 Å². The molecule has 0 heterocycles. The van der Waals surface area contributed by atoms with Crippen LogP contribution < -0.4 is 10.1 Å². The number of carbonyl (C=O) groups is 1. The van der Waals surface area contributed by atoms with E-state index in [4.69, 9.17) is 9.47 Å². The predicted molar refractivity (Wildman–Crippen MR) is 67.4 cm³/mol. The number of benzene rings is 1. The number of rotatable bonds is 6. The van der Waals surface area contributed by atoms with Gasteiger partial charge in [0.2, 0.25) is 5.91 Å². The lowest BCUT2D eigenvalue weighted by Crippen LogP contribution is -2.11. The number of hydrogen-bond donors (Lipinski definition) is 1. The summed E-state index contributed by atoms with van der Waals surface area (Å²) in [4.78, 5) is 11.3. The number of carbonyl (C=O) groups excluding carboxylic acids is 1. The van der Waals surface area contributed by atoms with Crippen LogP contribution in [0, 0.1) is 6.92 Å². The molecule has 0 saturated carbocycles. The molecule has 0 fully saturated rings. The Bertz CT molecular complexity index is 402. The number of nitrogens with one attached hydrogen (secondary N) is 1. The maximum absolute atomic E-state index is 11.3. The molecule has 1 N–H and O–H groups in total. The lowest BCUT2D eigenvalue weighted by Gasteiger charge is -2.12. The van der Waals surface area contributed by atoms with Crippen LogP contribution in [-0.2, 0) is 9.53 Å². The van der Waals surface area contributed by atoms with E-state index in [0.717, 1.165) is 5.56 Å². The lowest BCUT2D eigenvalue weighted by molar-refractivity contribution is -0.111. The van der Waals surface area contributed by atoms with Crippen LogP contribution in [0.2, 0.25) is 0 Å². The van der Waals surface area contributed by atoms with Gasteiger partial charge in [0.25, 0.3) is 0 Å². The molecule has 1 aromatic carbocycles. The van der Waals surface area contributed by atoms with Crippen molar-refractivity contribution in [3.05, 3.63) is 36.4 Å². The van der Waals surface area contributed by atoms with Crippen LogP contribution in [0.3, 0.4) is 0 Å². The highest BCUT2D eigenvalue weighted by Gasteiger charge is 2.06. The third-order valence-electron chi connectivity index (χ3n) is 2.12. The van der Waals surface area contributed by atoms with Crippen LogP contribution in [-0.4, -0.2) is 26.2 Å². The van der Waals surface area contributed by atoms with Crippen LogP contribution in [0.1, 0.15) is 5.56 Å². The Labute approximate surface area is 101 Å². The Morgan fingerprint density at radius 2 is 2.24 bits per heavy atom. The molecule has 0 saturated heterocycles. The summed E-state index contributed by atoms with van der Waals surface area (Å²) in [6.45, 7) is 6.30. The molecule has 1 rings (SSSR count). The second kappa shape index (κ2) is 6.70. The van der Waals surface area contributed by atoms with Crippen molar-refractivity contribution in [3.8, 4) is 5.75 Å². The zero-order chi connectivity index (χ0) is 12.7. The maximum atomic E-state index is 11.3. The van der Waals surface area contributed by atoms with Crippen molar-refractivity contribution in [1.82, 2.24) is 0 Å². The van der Waals surface area contributed by atoms with E-state index in [1.54, 1.807) is 7.11 Å². The van der Waals surface area contributed by atoms with Gasteiger partial charge < -0.3 is 14.8 Å². The van der Waals surface area contributed by atoms with E-state index in [1.165, 1.54) is 6.08 Å². The van der Waals surface area contributed by atoms with Crippen molar-refractivity contribution in [2.45, 2.75) is 6.92 Å². The molecule has 4 heteroatoms. The van der Waals surface area contributed by atoms with Crippen molar-refractivity contribution in [3.63, 3.8) is 0 Å². The van der Waals surface area contributed by atoms with Gasteiger partial charge in [0, 0.05) is 7.11 Å². The highest BCUT2D eigenvalue weighted by atomic mass is 16.5. The molecule has 0 radical (unpaired) electrons. The fourth-order valence-electron chi connectivity index (χ4n) is 1.29. The molecule has 17 heavy (non-hydrogen) atoms. The molecule has 0 spiro atoms. The smallest absolute Gasteiger partial charge is 0.247 e. The fourth-order valence-corrected chi connectivity index (χ4v) is 1.29. The molecular formula is C13H17NO3. The van der Waals surface area contributed by atoms with Gasteiger partial charge in [-0.05, 0) is 30.7 Å². The van der Waals surface area contributed by atoms with E-state index in [-0.39, 0.29) is 5.91 Å². The van der Waals surface area contributed by atoms with E-state index >= 15 is 0 Å². The third kappa shape index (κ3) is 4.28. The summed E-state index contributed by atoms with van der Waals surface area (Å²) in [5, 5.41) is 2.71. The molecule has 0 atom stereocenters. The largest absolute Gasteiger partial charge is 0.489 e. The van der Waals surface area contributed by atoms with E-state index in [1.807, 2.05) is 25.1 Å². The Hall–Kier alpha value is -1.81. The highest BCUT2D eigenvalue weighted by molar-refractivity contribution is 5.99. The average molecular weight is 235 g/mol. The van der Waals surface area contributed by atoms with Gasteiger partial charge in [-0.2, -0.15) is 0 Å². The molecule has 4 nitrogen and oxygen atoms in total. The SMILES string of the molecule is C=CC(=O)Nc1cc(C)ccc1OCCOC. The maximum Gasteiger partial charge on any atom is 0.247 e. The normalized spacial score (nSPS) is 9.76. The fraction of sp³-hybridized carbons (Fsp3) is 0.308. The number of methoxy groups -OCH3 is 1. The minimum atomic E-state index is -0.257. The molecule has 0 bridgehead atoms. The standard InChI is InChI=1S/C13H17NO3/c1-4-13(15)14-11-9-10(2)5-6-12(11)17-8-7-16-3/h4-6,9H,1,7-8H2,2-3H3,(H,14,15). The second-order valence-electron chi connectivity index (χ2n) is 3.53. The number of anilines is 1. The topological polar surface area (TPSA) is 47.6 Å². The summed E-state index contributed by atoms with van der Waals surface area (Å²) in [5.74, 6) is 0.370. The zero-order valence-corrected chi connectivity index (χ0v) is 10.2. The van der Waals surface area contributed by atoms with Crippen molar-refractivity contribution in [2.24, 2.45) is 0 Å². The number of hydrogen-bond acceptors (Lipinski definition) is 3. The number of amides is 1. The first-order chi connectivity index (χ1) is 8.17. The quantitative estimate of drug-likeness (QED) is 0.607. The number of aryl methyl sites for hydroxylation is 1. The van der Waals surface area contributed by atoms with Crippen LogP contribution >= 0.6 is 0 Å². The van der Waals surface area contributed by atoms with E-state index in [2.05, 4.69) is 11.9 Å².